The van der Waals surface area contributed by atoms with Crippen molar-refractivity contribution in [3.05, 3.63) is 22.2 Å². The van der Waals surface area contributed by atoms with Gasteiger partial charge in [-0.05, 0) is 0 Å². The van der Waals surface area contributed by atoms with Crippen molar-refractivity contribution in [3.8, 4) is 0 Å². The summed E-state index contributed by atoms with van der Waals surface area (Å²) in [4.78, 5) is 15.7. The maximum absolute atomic E-state index is 12.2. The number of aliphatic hydroxyl groups excluding tert-OH is 6. The second kappa shape index (κ2) is 7.17. The third-order valence-corrected chi connectivity index (χ3v) is 4.65. The average Bonchev–Trinajstić information content (AvgIpc) is 3.06. The van der Waals surface area contributed by atoms with E-state index in [1.54, 1.807) is 0 Å². The zero-order valence-electron chi connectivity index (χ0n) is 13.5. The van der Waals surface area contributed by atoms with E-state index in [2.05, 4.69) is 4.98 Å². The average molecular weight is 375 g/mol. The summed E-state index contributed by atoms with van der Waals surface area (Å²) in [7, 11) is 0. The maximum Gasteiger partial charge on any atom is 0.351 e. The third-order valence-electron chi connectivity index (χ3n) is 4.65. The van der Waals surface area contributed by atoms with Gasteiger partial charge in [0.05, 0.1) is 13.2 Å². The van der Waals surface area contributed by atoms with Gasteiger partial charge in [0.1, 0.15) is 48.5 Å². The summed E-state index contributed by atoms with van der Waals surface area (Å²) in [6, 6.07) is 0. The lowest BCUT2D eigenvalue weighted by molar-refractivity contribution is -0.0559. The molecular formula is C14H21N3O9. The summed E-state index contributed by atoms with van der Waals surface area (Å²) < 4.78 is 11.5. The van der Waals surface area contributed by atoms with E-state index in [-0.39, 0.29) is 11.4 Å². The van der Waals surface area contributed by atoms with Gasteiger partial charge in [-0.15, -0.1) is 0 Å². The van der Waals surface area contributed by atoms with E-state index < -0.39 is 67.9 Å². The molecule has 8 atom stereocenters. The molecule has 1 unspecified atom stereocenters. The molecule has 3 heterocycles. The van der Waals surface area contributed by atoms with Gasteiger partial charge in [-0.1, -0.05) is 0 Å². The number of aliphatic hydroxyl groups is 6. The molecule has 8 N–H and O–H groups in total. The van der Waals surface area contributed by atoms with E-state index in [9.17, 15) is 30.3 Å². The summed E-state index contributed by atoms with van der Waals surface area (Å²) in [6.07, 6.45) is -9.31. The van der Waals surface area contributed by atoms with Crippen molar-refractivity contribution in [2.75, 3.05) is 18.9 Å². The second-order valence-corrected chi connectivity index (χ2v) is 6.26. The SMILES string of the molecule is Nc1nc(=O)n([C@@H]2O[C@H](CO)[C@@H](O)[C@H]2O)cc1C1O[C@H](CO)[C@@H](O)[C@@H]1O. The first-order chi connectivity index (χ1) is 12.3. The minimum Gasteiger partial charge on any atom is -0.394 e. The fourth-order valence-electron chi connectivity index (χ4n) is 3.16. The minimum absolute atomic E-state index is 0.0323. The normalized spacial score (nSPS) is 40.2. The van der Waals surface area contributed by atoms with Crippen LogP contribution in [0, 0.1) is 0 Å². The van der Waals surface area contributed by atoms with E-state index in [1.807, 2.05) is 0 Å². The van der Waals surface area contributed by atoms with Crippen molar-refractivity contribution in [1.29, 1.82) is 0 Å². The summed E-state index contributed by atoms with van der Waals surface area (Å²) >= 11 is 0. The summed E-state index contributed by atoms with van der Waals surface area (Å²) in [5, 5.41) is 58.2. The lowest BCUT2D eigenvalue weighted by atomic mass is 10.0. The van der Waals surface area contributed by atoms with Crippen LogP contribution in [-0.4, -0.2) is 90.0 Å². The number of aromatic nitrogens is 2. The number of anilines is 1. The van der Waals surface area contributed by atoms with Gasteiger partial charge >= 0.3 is 5.69 Å². The predicted octanol–water partition coefficient (Wildman–Crippen LogP) is -4.41. The minimum atomic E-state index is -1.52. The zero-order chi connectivity index (χ0) is 19.2. The van der Waals surface area contributed by atoms with E-state index in [0.29, 0.717) is 0 Å². The number of ether oxygens (including phenoxy) is 2. The standard InChI is InChI=1S/C14H21N3O9/c15-12-4(11-9(22)7(20)5(2-18)25-11)1-17(14(24)16-12)13-10(23)8(21)6(3-19)26-13/h1,5-11,13,18-23H,2-3H2,(H2,15,16,24)/t5-,6-,7-,8-,9+,10-,11?,13-/m1/s1. The van der Waals surface area contributed by atoms with Gasteiger partial charge < -0.3 is 45.8 Å². The molecule has 2 aliphatic heterocycles. The largest absolute Gasteiger partial charge is 0.394 e. The highest BCUT2D eigenvalue weighted by Gasteiger charge is 2.46. The highest BCUT2D eigenvalue weighted by atomic mass is 16.6. The van der Waals surface area contributed by atoms with Crippen LogP contribution in [0.25, 0.3) is 0 Å². The molecule has 0 radical (unpaired) electrons. The van der Waals surface area contributed by atoms with Crippen LogP contribution >= 0.6 is 0 Å². The number of nitrogens with zero attached hydrogens (tertiary/aromatic N) is 2. The van der Waals surface area contributed by atoms with E-state index in [0.717, 1.165) is 10.8 Å². The second-order valence-electron chi connectivity index (χ2n) is 6.26. The quantitative estimate of drug-likeness (QED) is 0.268. The number of hydrogen-bond acceptors (Lipinski definition) is 11. The molecule has 2 fully saturated rings. The van der Waals surface area contributed by atoms with Crippen LogP contribution in [0.1, 0.15) is 17.9 Å². The molecule has 1 aromatic heterocycles. The number of nitrogen functional groups attached to an aromatic ring is 1. The number of rotatable bonds is 4. The van der Waals surface area contributed by atoms with Crippen LogP contribution in [0.4, 0.5) is 5.82 Å². The van der Waals surface area contributed by atoms with Gasteiger partial charge in [0, 0.05) is 11.8 Å². The third kappa shape index (κ3) is 3.00. The Bertz CT molecular complexity index is 713. The Labute approximate surface area is 146 Å². The molecule has 0 bridgehead atoms. The van der Waals surface area contributed by atoms with Crippen LogP contribution in [0.15, 0.2) is 11.0 Å². The fraction of sp³-hybridized carbons (Fsp3) is 0.714. The monoisotopic (exact) mass is 375 g/mol. The van der Waals surface area contributed by atoms with Crippen molar-refractivity contribution in [2.24, 2.45) is 0 Å². The van der Waals surface area contributed by atoms with Crippen LogP contribution in [-0.2, 0) is 9.47 Å². The van der Waals surface area contributed by atoms with Crippen molar-refractivity contribution >= 4 is 5.82 Å². The Morgan fingerprint density at radius 1 is 1.00 bits per heavy atom. The van der Waals surface area contributed by atoms with Gasteiger partial charge in [-0.25, -0.2) is 4.79 Å². The molecule has 3 rings (SSSR count). The molecule has 1 aromatic rings. The smallest absolute Gasteiger partial charge is 0.351 e. The Morgan fingerprint density at radius 2 is 1.58 bits per heavy atom. The van der Waals surface area contributed by atoms with E-state index in [1.165, 1.54) is 0 Å². The molecule has 0 amide bonds. The first-order valence-electron chi connectivity index (χ1n) is 7.93. The molecule has 26 heavy (non-hydrogen) atoms. The Kier molecular flexibility index (Phi) is 5.28. The highest BCUT2D eigenvalue weighted by molar-refractivity contribution is 5.40. The summed E-state index contributed by atoms with van der Waals surface area (Å²) in [5.74, 6) is -0.271. The van der Waals surface area contributed by atoms with E-state index >= 15 is 0 Å². The predicted molar refractivity (Wildman–Crippen MR) is 82.6 cm³/mol. The lowest BCUT2D eigenvalue weighted by Crippen LogP contribution is -2.37. The van der Waals surface area contributed by atoms with Crippen LogP contribution in [0.3, 0.4) is 0 Å². The molecule has 0 aliphatic carbocycles. The fourth-order valence-corrected chi connectivity index (χ4v) is 3.16. The molecule has 0 saturated carbocycles. The molecule has 12 heteroatoms. The molecule has 2 saturated heterocycles. The molecule has 0 aromatic carbocycles. The molecule has 0 spiro atoms. The maximum atomic E-state index is 12.2. The molecular weight excluding hydrogens is 354 g/mol. The van der Waals surface area contributed by atoms with Crippen molar-refractivity contribution in [3.63, 3.8) is 0 Å². The Morgan fingerprint density at radius 3 is 2.12 bits per heavy atom. The highest BCUT2D eigenvalue weighted by Crippen LogP contribution is 2.36. The van der Waals surface area contributed by atoms with Crippen LogP contribution in [0.2, 0.25) is 0 Å². The first kappa shape index (κ1) is 19.1. The van der Waals surface area contributed by atoms with E-state index in [4.69, 9.17) is 20.3 Å². The number of nitrogens with two attached hydrogens (primary N) is 1. The lowest BCUT2D eigenvalue weighted by Gasteiger charge is -2.21. The Balaban J connectivity index is 1.98. The van der Waals surface area contributed by atoms with Crippen molar-refractivity contribution < 1.29 is 40.1 Å². The zero-order valence-corrected chi connectivity index (χ0v) is 13.5. The van der Waals surface area contributed by atoms with Crippen molar-refractivity contribution in [1.82, 2.24) is 9.55 Å². The van der Waals surface area contributed by atoms with Gasteiger partial charge in [-0.3, -0.25) is 4.57 Å². The van der Waals surface area contributed by atoms with Gasteiger partial charge in [0.2, 0.25) is 0 Å². The molecule has 2 aliphatic rings. The summed E-state index contributed by atoms with van der Waals surface area (Å²) in [6.45, 7) is -1.12. The summed E-state index contributed by atoms with van der Waals surface area (Å²) in [5.41, 5.74) is 4.86. The first-order valence-corrected chi connectivity index (χ1v) is 7.93. The molecule has 12 nitrogen and oxygen atoms in total. The number of hydrogen-bond donors (Lipinski definition) is 7. The van der Waals surface area contributed by atoms with Crippen LogP contribution < -0.4 is 11.4 Å². The molecule has 146 valence electrons. The van der Waals surface area contributed by atoms with Gasteiger partial charge in [-0.2, -0.15) is 4.98 Å². The van der Waals surface area contributed by atoms with Gasteiger partial charge in [0.15, 0.2) is 6.23 Å². The van der Waals surface area contributed by atoms with Crippen molar-refractivity contribution in [2.45, 2.75) is 49.0 Å². The topological polar surface area (TPSA) is 201 Å². The van der Waals surface area contributed by atoms with Gasteiger partial charge in [0.25, 0.3) is 0 Å². The Hall–Kier alpha value is -1.64. The van der Waals surface area contributed by atoms with Crippen LogP contribution in [0.5, 0.6) is 0 Å².